The first-order valence-corrected chi connectivity index (χ1v) is 17.8. The molecule has 40 heavy (non-hydrogen) atoms. The van der Waals surface area contributed by atoms with E-state index in [1.165, 1.54) is 148 Å². The number of rotatable bonds is 30. The molecule has 0 aromatic heterocycles. The van der Waals surface area contributed by atoms with Crippen molar-refractivity contribution in [3.05, 3.63) is 0 Å². The van der Waals surface area contributed by atoms with Crippen LogP contribution in [0.5, 0.6) is 0 Å². The molecule has 4 heteroatoms. The number of carboxylic acid groups (broad SMARTS) is 2. The van der Waals surface area contributed by atoms with Crippen LogP contribution in [0.25, 0.3) is 0 Å². The van der Waals surface area contributed by atoms with E-state index in [0.29, 0.717) is 6.42 Å². The van der Waals surface area contributed by atoms with Crippen molar-refractivity contribution in [3.8, 4) is 0 Å². The molecule has 240 valence electrons. The number of hydrogen-bond donors (Lipinski definition) is 2. The van der Waals surface area contributed by atoms with Crippen LogP contribution < -0.4 is 0 Å². The number of carbonyl (C=O) groups is 2. The molecule has 0 spiro atoms. The molecule has 0 fully saturated rings. The average Bonchev–Trinajstić information content (AvgIpc) is 2.91. The van der Waals surface area contributed by atoms with Gasteiger partial charge in [0.05, 0.1) is 5.92 Å². The van der Waals surface area contributed by atoms with Crippen molar-refractivity contribution in [1.29, 1.82) is 0 Å². The maximum Gasteiger partial charge on any atom is 0.306 e. The van der Waals surface area contributed by atoms with Gasteiger partial charge in [-0.05, 0) is 18.8 Å². The van der Waals surface area contributed by atoms with E-state index in [0.717, 1.165) is 31.6 Å². The summed E-state index contributed by atoms with van der Waals surface area (Å²) < 4.78 is 0. The summed E-state index contributed by atoms with van der Waals surface area (Å²) in [6.07, 6.45) is 35.6. The monoisotopic (exact) mass is 569 g/mol. The summed E-state index contributed by atoms with van der Waals surface area (Å²) >= 11 is 0. The van der Waals surface area contributed by atoms with Crippen LogP contribution in [-0.2, 0) is 9.59 Å². The van der Waals surface area contributed by atoms with E-state index >= 15 is 0 Å². The highest BCUT2D eigenvalue weighted by Crippen LogP contribution is 2.16. The normalized spacial score (nSPS) is 11.8. The first kappa shape index (κ1) is 41.1. The van der Waals surface area contributed by atoms with E-state index in [2.05, 4.69) is 20.8 Å². The van der Waals surface area contributed by atoms with E-state index in [-0.39, 0.29) is 5.92 Å². The van der Waals surface area contributed by atoms with Crippen LogP contribution in [0.3, 0.4) is 0 Å². The van der Waals surface area contributed by atoms with E-state index in [4.69, 9.17) is 10.2 Å². The number of carboxylic acids is 2. The lowest BCUT2D eigenvalue weighted by Crippen LogP contribution is -2.08. The molecule has 0 saturated carbocycles. The Morgan fingerprint density at radius 2 is 0.750 bits per heavy atom. The zero-order valence-electron chi connectivity index (χ0n) is 27.7. The second-order valence-electron chi connectivity index (χ2n) is 12.8. The average molecular weight is 569 g/mol. The highest BCUT2D eigenvalue weighted by molar-refractivity contribution is 5.69. The molecule has 0 aliphatic heterocycles. The van der Waals surface area contributed by atoms with Gasteiger partial charge in [0.2, 0.25) is 0 Å². The third kappa shape index (κ3) is 39.1. The fraction of sp³-hybridized carbons (Fsp3) is 0.944. The van der Waals surface area contributed by atoms with Crippen molar-refractivity contribution in [2.45, 2.75) is 207 Å². The van der Waals surface area contributed by atoms with Crippen molar-refractivity contribution < 1.29 is 19.8 Å². The van der Waals surface area contributed by atoms with Gasteiger partial charge in [-0.3, -0.25) is 9.59 Å². The lowest BCUT2D eigenvalue weighted by molar-refractivity contribution is -0.141. The minimum atomic E-state index is -0.654. The molecule has 1 atom stereocenters. The molecule has 0 radical (unpaired) electrons. The van der Waals surface area contributed by atoms with Crippen LogP contribution in [0.2, 0.25) is 0 Å². The maximum absolute atomic E-state index is 10.6. The predicted octanol–water partition coefficient (Wildman–Crippen LogP) is 12.4. The Morgan fingerprint density at radius 3 is 1.05 bits per heavy atom. The van der Waals surface area contributed by atoms with Crippen LogP contribution in [0, 0.1) is 11.8 Å². The van der Waals surface area contributed by atoms with Crippen LogP contribution in [0.1, 0.15) is 207 Å². The SMILES string of the molecule is CC(C)CCCCCCCCCCCCCCC(=O)O.CCCCCCCCCCCCCCCC(C)C(=O)O. The lowest BCUT2D eigenvalue weighted by atomic mass is 10.0. The van der Waals surface area contributed by atoms with Crippen LogP contribution >= 0.6 is 0 Å². The standard InChI is InChI=1S/2C18H36O2/c1-17(2)15-13-11-9-7-5-3-4-6-8-10-12-14-16-18(19)20;1-3-4-5-6-7-8-9-10-11-12-13-14-15-16-17(2)18(19)20/h2*17H,3-16H2,1-2H3,(H,19,20). The van der Waals surface area contributed by atoms with Gasteiger partial charge in [-0.15, -0.1) is 0 Å². The number of unbranched alkanes of at least 4 members (excludes halogenated alkanes) is 23. The molecule has 4 nitrogen and oxygen atoms in total. The minimum Gasteiger partial charge on any atom is -0.481 e. The minimum absolute atomic E-state index is 0.164. The Balaban J connectivity index is 0. The quantitative estimate of drug-likeness (QED) is 0.0845. The summed E-state index contributed by atoms with van der Waals surface area (Å²) in [4.78, 5) is 21.0. The number of aliphatic carboxylic acids is 2. The summed E-state index contributed by atoms with van der Waals surface area (Å²) in [5.74, 6) is -0.601. The summed E-state index contributed by atoms with van der Waals surface area (Å²) in [7, 11) is 0. The fourth-order valence-electron chi connectivity index (χ4n) is 5.19. The second-order valence-corrected chi connectivity index (χ2v) is 12.8. The molecule has 0 aromatic rings. The smallest absolute Gasteiger partial charge is 0.306 e. The molecule has 0 aliphatic carbocycles. The van der Waals surface area contributed by atoms with Crippen molar-refractivity contribution in [2.75, 3.05) is 0 Å². The van der Waals surface area contributed by atoms with Gasteiger partial charge in [0.25, 0.3) is 0 Å². The molecule has 1 unspecified atom stereocenters. The largest absolute Gasteiger partial charge is 0.481 e. The molecule has 0 heterocycles. The molecule has 0 saturated heterocycles. The van der Waals surface area contributed by atoms with Gasteiger partial charge in [-0.2, -0.15) is 0 Å². The van der Waals surface area contributed by atoms with Crippen LogP contribution in [0.4, 0.5) is 0 Å². The first-order valence-electron chi connectivity index (χ1n) is 17.8. The Labute approximate surface area is 250 Å². The van der Waals surface area contributed by atoms with Gasteiger partial charge < -0.3 is 10.2 Å². The summed E-state index contributed by atoms with van der Waals surface area (Å²) in [6.45, 7) is 8.69. The summed E-state index contributed by atoms with van der Waals surface area (Å²) in [5.41, 5.74) is 0. The Kier molecular flexibility index (Phi) is 35.1. The Morgan fingerprint density at radius 1 is 0.450 bits per heavy atom. The molecular formula is C36H72O4. The highest BCUT2D eigenvalue weighted by atomic mass is 16.4. The van der Waals surface area contributed by atoms with Gasteiger partial charge in [-0.1, -0.05) is 188 Å². The van der Waals surface area contributed by atoms with Gasteiger partial charge in [0.15, 0.2) is 0 Å². The molecule has 0 aliphatic rings. The molecule has 2 N–H and O–H groups in total. The summed E-state index contributed by atoms with van der Waals surface area (Å²) in [6, 6.07) is 0. The van der Waals surface area contributed by atoms with Gasteiger partial charge in [-0.25, -0.2) is 0 Å². The fourth-order valence-corrected chi connectivity index (χ4v) is 5.19. The van der Waals surface area contributed by atoms with Gasteiger partial charge in [0.1, 0.15) is 0 Å². The molecule has 0 rings (SSSR count). The maximum atomic E-state index is 10.6. The van der Waals surface area contributed by atoms with Gasteiger partial charge >= 0.3 is 11.9 Å². The van der Waals surface area contributed by atoms with Crippen molar-refractivity contribution in [1.82, 2.24) is 0 Å². The third-order valence-corrected chi connectivity index (χ3v) is 8.08. The van der Waals surface area contributed by atoms with E-state index < -0.39 is 11.9 Å². The molecule has 0 aromatic carbocycles. The molecule has 0 bridgehead atoms. The Bertz CT molecular complexity index is 517. The van der Waals surface area contributed by atoms with Crippen molar-refractivity contribution in [2.24, 2.45) is 11.8 Å². The van der Waals surface area contributed by atoms with E-state index in [1.54, 1.807) is 0 Å². The lowest BCUT2D eigenvalue weighted by Gasteiger charge is -2.05. The predicted molar refractivity (Wildman–Crippen MR) is 174 cm³/mol. The van der Waals surface area contributed by atoms with Crippen molar-refractivity contribution >= 4 is 11.9 Å². The Hall–Kier alpha value is -1.06. The van der Waals surface area contributed by atoms with E-state index in [1.807, 2.05) is 6.92 Å². The molecule has 0 amide bonds. The zero-order valence-corrected chi connectivity index (χ0v) is 27.7. The summed E-state index contributed by atoms with van der Waals surface area (Å²) in [5, 5.41) is 17.3. The van der Waals surface area contributed by atoms with Crippen molar-refractivity contribution in [3.63, 3.8) is 0 Å². The highest BCUT2D eigenvalue weighted by Gasteiger charge is 2.09. The zero-order chi connectivity index (χ0) is 30.1. The van der Waals surface area contributed by atoms with Crippen LogP contribution in [-0.4, -0.2) is 22.2 Å². The topological polar surface area (TPSA) is 74.6 Å². The first-order chi connectivity index (χ1) is 19.3. The van der Waals surface area contributed by atoms with Gasteiger partial charge in [0, 0.05) is 6.42 Å². The third-order valence-electron chi connectivity index (χ3n) is 8.08. The molecular weight excluding hydrogens is 496 g/mol. The van der Waals surface area contributed by atoms with E-state index in [9.17, 15) is 9.59 Å². The second kappa shape index (κ2) is 34.1. The van der Waals surface area contributed by atoms with Crippen LogP contribution in [0.15, 0.2) is 0 Å². The number of hydrogen-bond acceptors (Lipinski definition) is 2.